The highest BCUT2D eigenvalue weighted by atomic mass is 127. The summed E-state index contributed by atoms with van der Waals surface area (Å²) in [6.07, 6.45) is 5.36. The van der Waals surface area contributed by atoms with Gasteiger partial charge in [-0.25, -0.2) is 9.98 Å². The molecule has 1 aliphatic rings. The predicted octanol–water partition coefficient (Wildman–Crippen LogP) is 2.49. The molecular weight excluding hydrogens is 449 g/mol. The minimum atomic E-state index is 0. The summed E-state index contributed by atoms with van der Waals surface area (Å²) in [6, 6.07) is 0. The van der Waals surface area contributed by atoms with Crippen molar-refractivity contribution in [3.63, 3.8) is 0 Å². The molecule has 25 heavy (non-hydrogen) atoms. The van der Waals surface area contributed by atoms with Gasteiger partial charge in [0.05, 0.1) is 19.8 Å². The second-order valence-corrected chi connectivity index (χ2v) is 7.06. The Hall–Kier alpha value is -0.450. The molecule has 2 heterocycles. The molecule has 2 N–H and O–H groups in total. The smallest absolute Gasteiger partial charge is 0.191 e. The predicted molar refractivity (Wildman–Crippen MR) is 116 cm³/mol. The van der Waals surface area contributed by atoms with E-state index in [1.54, 1.807) is 11.3 Å². The second kappa shape index (κ2) is 13.7. The molecule has 0 atom stereocenters. The first-order valence-electron chi connectivity index (χ1n) is 9.07. The third-order valence-electron chi connectivity index (χ3n) is 3.96. The van der Waals surface area contributed by atoms with Gasteiger partial charge < -0.3 is 15.4 Å². The average Bonchev–Trinajstić information content (AvgIpc) is 3.08. The molecule has 0 aliphatic carbocycles. The Bertz CT molecular complexity index is 491. The van der Waals surface area contributed by atoms with E-state index in [0.29, 0.717) is 6.54 Å². The van der Waals surface area contributed by atoms with Crippen LogP contribution in [0.3, 0.4) is 0 Å². The van der Waals surface area contributed by atoms with Crippen molar-refractivity contribution >= 4 is 41.3 Å². The maximum Gasteiger partial charge on any atom is 0.191 e. The lowest BCUT2D eigenvalue weighted by Crippen LogP contribution is -2.39. The van der Waals surface area contributed by atoms with Gasteiger partial charge in [0.2, 0.25) is 0 Å². The highest BCUT2D eigenvalue weighted by Gasteiger charge is 2.09. The number of morpholine rings is 1. The molecule has 0 radical (unpaired) electrons. The van der Waals surface area contributed by atoms with Crippen molar-refractivity contribution in [3.05, 3.63) is 16.1 Å². The van der Waals surface area contributed by atoms with E-state index in [9.17, 15) is 0 Å². The van der Waals surface area contributed by atoms with Gasteiger partial charge in [0.25, 0.3) is 0 Å². The number of aliphatic imine (C=N–C) groups is 1. The van der Waals surface area contributed by atoms with Gasteiger partial charge in [0.1, 0.15) is 5.01 Å². The number of nitrogens with zero attached hydrogens (tertiary/aromatic N) is 3. The summed E-state index contributed by atoms with van der Waals surface area (Å²) in [6.45, 7) is 11.8. The third-order valence-corrected chi connectivity index (χ3v) is 5.09. The zero-order chi connectivity index (χ0) is 17.0. The minimum absolute atomic E-state index is 0. The first-order valence-corrected chi connectivity index (χ1v) is 9.89. The van der Waals surface area contributed by atoms with E-state index >= 15 is 0 Å². The number of rotatable bonds is 9. The molecule has 1 aromatic heterocycles. The molecule has 1 aliphatic heterocycles. The summed E-state index contributed by atoms with van der Waals surface area (Å²) in [4.78, 5) is 12.9. The molecule has 1 fully saturated rings. The Balaban J connectivity index is 0.00000312. The Labute approximate surface area is 172 Å². The molecule has 0 unspecified atom stereocenters. The lowest BCUT2D eigenvalue weighted by molar-refractivity contribution is 0.0372. The van der Waals surface area contributed by atoms with E-state index in [-0.39, 0.29) is 24.0 Å². The fraction of sp³-hybridized carbons (Fsp3) is 0.765. The summed E-state index contributed by atoms with van der Waals surface area (Å²) in [5.41, 5.74) is 0. The number of guanidine groups is 1. The summed E-state index contributed by atoms with van der Waals surface area (Å²) in [5, 5.41) is 7.80. The topological polar surface area (TPSA) is 61.8 Å². The monoisotopic (exact) mass is 481 g/mol. The number of hydrogen-bond donors (Lipinski definition) is 2. The zero-order valence-corrected chi connectivity index (χ0v) is 18.6. The van der Waals surface area contributed by atoms with Gasteiger partial charge in [-0.3, -0.25) is 4.90 Å². The average molecular weight is 481 g/mol. The van der Waals surface area contributed by atoms with E-state index in [2.05, 4.69) is 39.4 Å². The van der Waals surface area contributed by atoms with Crippen LogP contribution >= 0.6 is 35.3 Å². The molecule has 0 aromatic carbocycles. The first-order chi connectivity index (χ1) is 11.8. The largest absolute Gasteiger partial charge is 0.379 e. The van der Waals surface area contributed by atoms with E-state index < -0.39 is 0 Å². The van der Waals surface area contributed by atoms with Crippen LogP contribution in [0.1, 0.15) is 36.6 Å². The lowest BCUT2D eigenvalue weighted by Gasteiger charge is -2.26. The highest BCUT2D eigenvalue weighted by molar-refractivity contribution is 14.0. The molecule has 8 heteroatoms. The normalized spacial score (nSPS) is 15.7. The van der Waals surface area contributed by atoms with Crippen LogP contribution in [0.2, 0.25) is 0 Å². The number of unbranched alkanes of at least 4 members (excludes halogenated alkanes) is 1. The molecule has 1 saturated heterocycles. The maximum atomic E-state index is 5.38. The molecule has 0 bridgehead atoms. The fourth-order valence-corrected chi connectivity index (χ4v) is 3.35. The Morgan fingerprint density at radius 1 is 1.28 bits per heavy atom. The Morgan fingerprint density at radius 2 is 2.08 bits per heavy atom. The lowest BCUT2D eigenvalue weighted by atomic mass is 10.3. The maximum absolute atomic E-state index is 5.38. The van der Waals surface area contributed by atoms with E-state index in [4.69, 9.17) is 4.74 Å². The third kappa shape index (κ3) is 9.16. The van der Waals surface area contributed by atoms with Gasteiger partial charge in [0.15, 0.2) is 5.96 Å². The quantitative estimate of drug-likeness (QED) is 0.246. The van der Waals surface area contributed by atoms with Gasteiger partial charge in [-0.2, -0.15) is 0 Å². The molecule has 144 valence electrons. The van der Waals surface area contributed by atoms with E-state index in [1.807, 2.05) is 6.20 Å². The van der Waals surface area contributed by atoms with Crippen LogP contribution in [0.25, 0.3) is 0 Å². The number of hydrogen-bond acceptors (Lipinski definition) is 5. The van der Waals surface area contributed by atoms with Crippen LogP contribution in [0.4, 0.5) is 0 Å². The summed E-state index contributed by atoms with van der Waals surface area (Å²) in [5.74, 6) is 0.886. The van der Waals surface area contributed by atoms with Crippen molar-refractivity contribution < 1.29 is 4.74 Å². The van der Waals surface area contributed by atoms with E-state index in [1.165, 1.54) is 11.3 Å². The van der Waals surface area contributed by atoms with Gasteiger partial charge in [-0.1, -0.05) is 6.92 Å². The molecule has 6 nitrogen and oxygen atoms in total. The summed E-state index contributed by atoms with van der Waals surface area (Å²) < 4.78 is 5.38. The SMILES string of the molecule is CCNC(=NCc1ncc(CC)s1)NCCCCN1CCOCC1.I. The minimum Gasteiger partial charge on any atom is -0.379 e. The fourth-order valence-electron chi connectivity index (χ4n) is 2.56. The van der Waals surface area contributed by atoms with Gasteiger partial charge in [0, 0.05) is 37.3 Å². The molecule has 0 spiro atoms. The van der Waals surface area contributed by atoms with Gasteiger partial charge in [-0.15, -0.1) is 35.3 Å². The number of aromatic nitrogens is 1. The van der Waals surface area contributed by atoms with Crippen molar-refractivity contribution in [1.82, 2.24) is 20.5 Å². The molecule has 0 saturated carbocycles. The summed E-state index contributed by atoms with van der Waals surface area (Å²) in [7, 11) is 0. The zero-order valence-electron chi connectivity index (χ0n) is 15.4. The summed E-state index contributed by atoms with van der Waals surface area (Å²) >= 11 is 1.75. The molecule has 0 amide bonds. The molecular formula is C17H32IN5OS. The molecule has 1 aromatic rings. The molecule has 2 rings (SSSR count). The van der Waals surface area contributed by atoms with Crippen molar-refractivity contribution in [3.8, 4) is 0 Å². The number of ether oxygens (including phenoxy) is 1. The van der Waals surface area contributed by atoms with Crippen molar-refractivity contribution in [2.75, 3.05) is 45.9 Å². The van der Waals surface area contributed by atoms with Crippen LogP contribution in [0.5, 0.6) is 0 Å². The van der Waals surface area contributed by atoms with E-state index in [0.717, 1.165) is 69.7 Å². The van der Waals surface area contributed by atoms with Crippen LogP contribution in [0, 0.1) is 0 Å². The van der Waals surface area contributed by atoms with Crippen molar-refractivity contribution in [1.29, 1.82) is 0 Å². The number of thiazole rings is 1. The standard InChI is InChI=1S/C17H31N5OS.HI/c1-3-15-13-20-16(24-15)14-21-17(18-4-2)19-7-5-6-8-22-9-11-23-12-10-22;/h13H,3-12,14H2,1-2H3,(H2,18,19,21);1H. The van der Waals surface area contributed by atoms with Gasteiger partial charge >= 0.3 is 0 Å². The van der Waals surface area contributed by atoms with Gasteiger partial charge in [-0.05, 0) is 32.7 Å². The Kier molecular flexibility index (Phi) is 12.4. The van der Waals surface area contributed by atoms with Crippen LogP contribution in [-0.4, -0.2) is 61.8 Å². The van der Waals surface area contributed by atoms with Crippen molar-refractivity contribution in [2.24, 2.45) is 4.99 Å². The number of aryl methyl sites for hydroxylation is 1. The van der Waals surface area contributed by atoms with Crippen molar-refractivity contribution in [2.45, 2.75) is 39.7 Å². The Morgan fingerprint density at radius 3 is 2.76 bits per heavy atom. The van der Waals surface area contributed by atoms with Crippen LogP contribution in [-0.2, 0) is 17.7 Å². The second-order valence-electron chi connectivity index (χ2n) is 5.86. The number of nitrogens with one attached hydrogen (secondary N) is 2. The van der Waals surface area contributed by atoms with Crippen LogP contribution < -0.4 is 10.6 Å². The van der Waals surface area contributed by atoms with Crippen LogP contribution in [0.15, 0.2) is 11.2 Å². The number of halogens is 1. The highest BCUT2D eigenvalue weighted by Crippen LogP contribution is 2.13. The first kappa shape index (κ1) is 22.6.